The highest BCUT2D eigenvalue weighted by atomic mass is 19.4. The van der Waals surface area contributed by atoms with Crippen LogP contribution in [-0.4, -0.2) is 28.0 Å². The molecule has 3 nitrogen and oxygen atoms in total. The van der Waals surface area contributed by atoms with Gasteiger partial charge in [0.05, 0.1) is 11.9 Å². The van der Waals surface area contributed by atoms with Gasteiger partial charge in [-0.25, -0.2) is 4.98 Å². The van der Waals surface area contributed by atoms with Crippen LogP contribution in [-0.2, 0) is 19.1 Å². The number of aryl methyl sites for hydroxylation is 1. The molecule has 1 aromatic heterocycles. The number of aromatic amines is 1. The second-order valence-electron chi connectivity index (χ2n) is 6.51. The zero-order valence-corrected chi connectivity index (χ0v) is 13.5. The number of rotatable bonds is 5. The van der Waals surface area contributed by atoms with Crippen molar-refractivity contribution in [3.8, 4) is 0 Å². The maximum Gasteiger partial charge on any atom is 0.416 e. The molecule has 1 saturated heterocycles. The van der Waals surface area contributed by atoms with Gasteiger partial charge >= 0.3 is 6.18 Å². The zero-order chi connectivity index (χ0) is 17.0. The average Bonchev–Trinajstić information content (AvgIpc) is 3.06. The monoisotopic (exact) mass is 337 g/mol. The molecule has 1 N–H and O–H groups in total. The Morgan fingerprint density at radius 2 is 2.08 bits per heavy atom. The van der Waals surface area contributed by atoms with Crippen LogP contribution >= 0.6 is 0 Å². The first-order chi connectivity index (χ1) is 11.5. The van der Waals surface area contributed by atoms with Gasteiger partial charge in [-0.1, -0.05) is 18.2 Å². The predicted octanol–water partition coefficient (Wildman–Crippen LogP) is 4.27. The normalized spacial score (nSPS) is 19.5. The Morgan fingerprint density at radius 1 is 1.25 bits per heavy atom. The number of nitrogens with one attached hydrogen (secondary N) is 1. The van der Waals surface area contributed by atoms with Crippen LogP contribution in [0.25, 0.3) is 0 Å². The van der Waals surface area contributed by atoms with Crippen LogP contribution in [0.2, 0.25) is 0 Å². The van der Waals surface area contributed by atoms with Crippen molar-refractivity contribution in [3.05, 3.63) is 53.6 Å². The molecule has 0 spiro atoms. The van der Waals surface area contributed by atoms with Gasteiger partial charge in [0.1, 0.15) is 0 Å². The molecular weight excluding hydrogens is 315 g/mol. The molecule has 1 atom stereocenters. The lowest BCUT2D eigenvalue weighted by atomic mass is 9.90. The number of imidazole rings is 1. The van der Waals surface area contributed by atoms with E-state index in [1.54, 1.807) is 18.5 Å². The molecule has 0 radical (unpaired) electrons. The molecule has 1 aliphatic heterocycles. The lowest BCUT2D eigenvalue weighted by Crippen LogP contribution is -2.35. The van der Waals surface area contributed by atoms with Crippen molar-refractivity contribution in [2.45, 2.75) is 38.4 Å². The number of halogens is 3. The number of aromatic nitrogens is 2. The maximum atomic E-state index is 13.1. The molecular formula is C18H22F3N3. The second-order valence-corrected chi connectivity index (χ2v) is 6.51. The first kappa shape index (κ1) is 17.0. The Balaban J connectivity index is 1.57. The van der Waals surface area contributed by atoms with E-state index in [0.717, 1.165) is 44.6 Å². The second kappa shape index (κ2) is 7.38. The minimum atomic E-state index is -4.27. The molecule has 0 unspecified atom stereocenters. The lowest BCUT2D eigenvalue weighted by molar-refractivity contribution is -0.138. The van der Waals surface area contributed by atoms with E-state index in [-0.39, 0.29) is 0 Å². The first-order valence-electron chi connectivity index (χ1n) is 8.37. The van der Waals surface area contributed by atoms with Gasteiger partial charge in [-0.2, -0.15) is 13.2 Å². The smallest absolute Gasteiger partial charge is 0.347 e. The standard InChI is InChI=1S/C18H22F3N3/c19-18(20,21)17-6-2-1-5-15(17)8-7-14-4-3-9-24(11-14)12-16-10-22-13-23-16/h1-2,5-6,10,13-14H,3-4,7-9,11-12H2,(H,22,23)/t14-/m0/s1. The first-order valence-corrected chi connectivity index (χ1v) is 8.37. The molecule has 1 aliphatic rings. The number of benzene rings is 1. The summed E-state index contributed by atoms with van der Waals surface area (Å²) in [6.07, 6.45) is 2.70. The van der Waals surface area contributed by atoms with Gasteiger partial charge in [0.2, 0.25) is 0 Å². The summed E-state index contributed by atoms with van der Waals surface area (Å²) < 4.78 is 39.2. The van der Waals surface area contributed by atoms with Crippen molar-refractivity contribution in [1.82, 2.24) is 14.9 Å². The molecule has 0 aliphatic carbocycles. The highest BCUT2D eigenvalue weighted by Crippen LogP contribution is 2.33. The highest BCUT2D eigenvalue weighted by molar-refractivity contribution is 5.29. The molecule has 2 heterocycles. The molecule has 6 heteroatoms. The Kier molecular flexibility index (Phi) is 5.23. The van der Waals surface area contributed by atoms with Crippen LogP contribution < -0.4 is 0 Å². The number of H-pyrrole nitrogens is 1. The average molecular weight is 337 g/mol. The van der Waals surface area contributed by atoms with E-state index in [1.165, 1.54) is 12.1 Å². The van der Waals surface area contributed by atoms with E-state index in [4.69, 9.17) is 0 Å². The summed E-state index contributed by atoms with van der Waals surface area (Å²) >= 11 is 0. The Morgan fingerprint density at radius 3 is 2.83 bits per heavy atom. The fourth-order valence-electron chi connectivity index (χ4n) is 3.52. The number of hydrogen-bond acceptors (Lipinski definition) is 2. The predicted molar refractivity (Wildman–Crippen MR) is 86.4 cm³/mol. The lowest BCUT2D eigenvalue weighted by Gasteiger charge is -2.32. The molecule has 2 aromatic rings. The minimum absolute atomic E-state index is 0.413. The molecule has 0 saturated carbocycles. The fraction of sp³-hybridized carbons (Fsp3) is 0.500. The fourth-order valence-corrected chi connectivity index (χ4v) is 3.52. The SMILES string of the molecule is FC(F)(F)c1ccccc1CC[C@@H]1CCCN(Cc2cnc[nH]2)C1. The number of alkyl halides is 3. The number of nitrogens with zero attached hydrogens (tertiary/aromatic N) is 2. The molecule has 3 rings (SSSR count). The van der Waals surface area contributed by atoms with Crippen LogP contribution in [0.15, 0.2) is 36.8 Å². The van der Waals surface area contributed by atoms with Gasteiger partial charge in [-0.05, 0) is 49.8 Å². The van der Waals surface area contributed by atoms with Crippen molar-refractivity contribution in [1.29, 1.82) is 0 Å². The van der Waals surface area contributed by atoms with Gasteiger partial charge in [0, 0.05) is 25.0 Å². The van der Waals surface area contributed by atoms with E-state index in [2.05, 4.69) is 14.9 Å². The van der Waals surface area contributed by atoms with E-state index < -0.39 is 11.7 Å². The van der Waals surface area contributed by atoms with Gasteiger partial charge in [0.15, 0.2) is 0 Å². The van der Waals surface area contributed by atoms with Crippen molar-refractivity contribution >= 4 is 0 Å². The van der Waals surface area contributed by atoms with Crippen molar-refractivity contribution < 1.29 is 13.2 Å². The van der Waals surface area contributed by atoms with Gasteiger partial charge in [-0.3, -0.25) is 4.90 Å². The van der Waals surface area contributed by atoms with Crippen LogP contribution in [0.5, 0.6) is 0 Å². The zero-order valence-electron chi connectivity index (χ0n) is 13.5. The summed E-state index contributed by atoms with van der Waals surface area (Å²) in [5.41, 5.74) is 1.00. The van der Waals surface area contributed by atoms with Crippen LogP contribution in [0.3, 0.4) is 0 Å². The molecule has 0 bridgehead atoms. The number of likely N-dealkylation sites (tertiary alicyclic amines) is 1. The largest absolute Gasteiger partial charge is 0.416 e. The highest BCUT2D eigenvalue weighted by Gasteiger charge is 2.33. The van der Waals surface area contributed by atoms with E-state index in [9.17, 15) is 13.2 Å². The van der Waals surface area contributed by atoms with Crippen molar-refractivity contribution in [2.24, 2.45) is 5.92 Å². The van der Waals surface area contributed by atoms with Crippen molar-refractivity contribution in [3.63, 3.8) is 0 Å². The summed E-state index contributed by atoms with van der Waals surface area (Å²) in [7, 11) is 0. The summed E-state index contributed by atoms with van der Waals surface area (Å²) in [6.45, 7) is 2.80. The third kappa shape index (κ3) is 4.38. The van der Waals surface area contributed by atoms with E-state index >= 15 is 0 Å². The molecule has 24 heavy (non-hydrogen) atoms. The van der Waals surface area contributed by atoms with E-state index in [0.29, 0.717) is 17.9 Å². The topological polar surface area (TPSA) is 31.9 Å². The quantitative estimate of drug-likeness (QED) is 0.883. The Bertz CT molecular complexity index is 637. The van der Waals surface area contributed by atoms with Gasteiger partial charge in [-0.15, -0.1) is 0 Å². The molecule has 1 fully saturated rings. The van der Waals surface area contributed by atoms with Gasteiger partial charge in [0.25, 0.3) is 0 Å². The molecule has 1 aromatic carbocycles. The summed E-state index contributed by atoms with van der Waals surface area (Å²) in [6, 6.07) is 5.93. The number of piperidine rings is 1. The minimum Gasteiger partial charge on any atom is -0.347 e. The van der Waals surface area contributed by atoms with Crippen LogP contribution in [0.1, 0.15) is 36.1 Å². The maximum absolute atomic E-state index is 13.1. The van der Waals surface area contributed by atoms with Crippen molar-refractivity contribution in [2.75, 3.05) is 13.1 Å². The van der Waals surface area contributed by atoms with E-state index in [1.807, 2.05) is 6.20 Å². The molecule has 130 valence electrons. The third-order valence-electron chi connectivity index (χ3n) is 4.70. The summed E-state index contributed by atoms with van der Waals surface area (Å²) in [5.74, 6) is 0.447. The number of hydrogen-bond donors (Lipinski definition) is 1. The van der Waals surface area contributed by atoms with Crippen LogP contribution in [0.4, 0.5) is 13.2 Å². The summed E-state index contributed by atoms with van der Waals surface area (Å²) in [4.78, 5) is 9.49. The molecule has 0 amide bonds. The summed E-state index contributed by atoms with van der Waals surface area (Å²) in [5, 5.41) is 0. The Hall–Kier alpha value is -1.82. The van der Waals surface area contributed by atoms with Crippen LogP contribution in [0, 0.1) is 5.92 Å². The third-order valence-corrected chi connectivity index (χ3v) is 4.70. The van der Waals surface area contributed by atoms with Gasteiger partial charge < -0.3 is 4.98 Å². The Labute approximate surface area is 139 Å².